The summed E-state index contributed by atoms with van der Waals surface area (Å²) in [5.74, 6) is 2.86. The lowest BCUT2D eigenvalue weighted by Gasteiger charge is -2.23. The van der Waals surface area contributed by atoms with Gasteiger partial charge >= 0.3 is 0 Å². The molecule has 1 aromatic heterocycles. The van der Waals surface area contributed by atoms with E-state index in [1.165, 1.54) is 12.0 Å². The molecule has 2 atom stereocenters. The molecule has 0 fully saturated rings. The Balaban J connectivity index is 1.66. The fraction of sp³-hybridized carbons (Fsp3) is 0.435. The monoisotopic (exact) mass is 375 g/mol. The topological polar surface area (TPSA) is 71.9 Å². The van der Waals surface area contributed by atoms with Gasteiger partial charge in [0.2, 0.25) is 5.82 Å². The predicted octanol–water partition coefficient (Wildman–Crippen LogP) is 5.55. The Morgan fingerprint density at radius 3 is 2.82 bits per heavy atom. The fourth-order valence-electron chi connectivity index (χ4n) is 4.36. The Kier molecular flexibility index (Phi) is 4.80. The van der Waals surface area contributed by atoms with Crippen molar-refractivity contribution >= 4 is 5.57 Å². The van der Waals surface area contributed by atoms with Crippen LogP contribution in [0.15, 0.2) is 39.9 Å². The lowest BCUT2D eigenvalue weighted by molar-refractivity contribution is 0.242. The largest absolute Gasteiger partial charge is 0.490 e. The highest BCUT2D eigenvalue weighted by Gasteiger charge is 2.32. The van der Waals surface area contributed by atoms with Crippen LogP contribution < -0.4 is 4.74 Å². The summed E-state index contributed by atoms with van der Waals surface area (Å²) in [7, 11) is 0. The molecule has 5 nitrogen and oxygen atoms in total. The quantitative estimate of drug-likeness (QED) is 0.701. The Bertz CT molecular complexity index is 1010. The van der Waals surface area contributed by atoms with Crippen LogP contribution in [0.1, 0.15) is 58.3 Å². The van der Waals surface area contributed by atoms with E-state index < -0.39 is 0 Å². The molecule has 28 heavy (non-hydrogen) atoms. The molecule has 2 aromatic rings. The summed E-state index contributed by atoms with van der Waals surface area (Å²) >= 11 is 0. The van der Waals surface area contributed by atoms with Crippen molar-refractivity contribution in [3.63, 3.8) is 0 Å². The van der Waals surface area contributed by atoms with Gasteiger partial charge in [-0.25, -0.2) is 0 Å². The van der Waals surface area contributed by atoms with Gasteiger partial charge in [0.25, 0.3) is 5.89 Å². The van der Waals surface area contributed by atoms with E-state index in [0.29, 0.717) is 34.9 Å². The molecular weight excluding hydrogens is 350 g/mol. The van der Waals surface area contributed by atoms with Crippen LogP contribution in [0.2, 0.25) is 0 Å². The minimum absolute atomic E-state index is 0.00450. The highest BCUT2D eigenvalue weighted by molar-refractivity contribution is 5.79. The van der Waals surface area contributed by atoms with Crippen LogP contribution in [-0.2, 0) is 0 Å². The zero-order chi connectivity index (χ0) is 19.8. The molecule has 0 saturated carbocycles. The summed E-state index contributed by atoms with van der Waals surface area (Å²) in [5, 5.41) is 13.7. The second-order valence-corrected chi connectivity index (χ2v) is 8.04. The van der Waals surface area contributed by atoms with E-state index in [4.69, 9.17) is 9.26 Å². The van der Waals surface area contributed by atoms with Crippen molar-refractivity contribution in [2.45, 2.75) is 53.1 Å². The van der Waals surface area contributed by atoms with Crippen LogP contribution in [0.5, 0.6) is 5.75 Å². The van der Waals surface area contributed by atoms with Crippen LogP contribution in [0.4, 0.5) is 0 Å². The van der Waals surface area contributed by atoms with Crippen molar-refractivity contribution in [2.24, 2.45) is 11.8 Å². The highest BCUT2D eigenvalue weighted by atomic mass is 16.5. The number of ether oxygens (including phenoxy) is 1. The number of nitriles is 1. The summed E-state index contributed by atoms with van der Waals surface area (Å²) in [6, 6.07) is 7.58. The van der Waals surface area contributed by atoms with E-state index in [-0.39, 0.29) is 6.10 Å². The van der Waals surface area contributed by atoms with Gasteiger partial charge in [0.05, 0.1) is 11.7 Å². The summed E-state index contributed by atoms with van der Waals surface area (Å²) in [4.78, 5) is 4.65. The maximum atomic E-state index is 9.45. The Morgan fingerprint density at radius 2 is 2.07 bits per heavy atom. The third kappa shape index (κ3) is 3.24. The minimum Gasteiger partial charge on any atom is -0.490 e. The molecule has 0 radical (unpaired) electrons. The van der Waals surface area contributed by atoms with Gasteiger partial charge in [0.15, 0.2) is 0 Å². The molecule has 1 heterocycles. The summed E-state index contributed by atoms with van der Waals surface area (Å²) in [6.07, 6.45) is 5.54. The van der Waals surface area contributed by atoms with Crippen molar-refractivity contribution in [3.05, 3.63) is 46.8 Å². The molecule has 144 valence electrons. The summed E-state index contributed by atoms with van der Waals surface area (Å²) < 4.78 is 11.2. The Morgan fingerprint density at radius 1 is 1.25 bits per heavy atom. The number of allylic oxidation sites excluding steroid dienone is 4. The SMILES string of the molecule is CC(C)Oc1ccc(-c2nc(C3=CCC(C)C4=C3CC[C@@H]4C)no2)cc1C#N. The van der Waals surface area contributed by atoms with Crippen molar-refractivity contribution in [3.8, 4) is 23.3 Å². The smallest absolute Gasteiger partial charge is 0.258 e. The molecule has 5 heteroatoms. The maximum Gasteiger partial charge on any atom is 0.258 e. The lowest BCUT2D eigenvalue weighted by atomic mass is 9.82. The van der Waals surface area contributed by atoms with Gasteiger partial charge in [0.1, 0.15) is 11.8 Å². The Hall–Kier alpha value is -2.87. The van der Waals surface area contributed by atoms with Gasteiger partial charge in [-0.2, -0.15) is 10.2 Å². The average Bonchev–Trinajstić information content (AvgIpc) is 3.30. The standard InChI is InChI=1S/C23H25N3O2/c1-13(2)27-20-10-7-16(11-17(20)12-24)23-25-22(26-28-23)19-9-6-15(4)21-14(3)5-8-18(19)21/h7,9-11,13-15H,5-6,8H2,1-4H3/t14-,15?/m0/s1. The molecule has 4 rings (SSSR count). The van der Waals surface area contributed by atoms with Gasteiger partial charge < -0.3 is 9.26 Å². The fourth-order valence-corrected chi connectivity index (χ4v) is 4.36. The van der Waals surface area contributed by atoms with Crippen molar-refractivity contribution < 1.29 is 9.26 Å². The molecule has 0 bridgehead atoms. The highest BCUT2D eigenvalue weighted by Crippen LogP contribution is 2.46. The number of rotatable bonds is 4. The van der Waals surface area contributed by atoms with Gasteiger partial charge in [-0.1, -0.05) is 30.7 Å². The van der Waals surface area contributed by atoms with Crippen molar-refractivity contribution in [1.29, 1.82) is 5.26 Å². The molecule has 0 saturated heterocycles. The number of hydrogen-bond donors (Lipinski definition) is 0. The molecule has 1 unspecified atom stereocenters. The molecule has 0 spiro atoms. The second kappa shape index (κ2) is 7.27. The third-order valence-corrected chi connectivity index (χ3v) is 5.61. The number of hydrogen-bond acceptors (Lipinski definition) is 5. The molecule has 0 amide bonds. The van der Waals surface area contributed by atoms with Crippen LogP contribution in [-0.4, -0.2) is 16.2 Å². The third-order valence-electron chi connectivity index (χ3n) is 5.61. The van der Waals surface area contributed by atoms with Crippen LogP contribution >= 0.6 is 0 Å². The van der Waals surface area contributed by atoms with Gasteiger partial charge in [-0.05, 0) is 68.7 Å². The first kappa shape index (κ1) is 18.5. The van der Waals surface area contributed by atoms with Gasteiger partial charge in [-0.3, -0.25) is 0 Å². The van der Waals surface area contributed by atoms with Gasteiger partial charge in [0, 0.05) is 11.1 Å². The van der Waals surface area contributed by atoms with E-state index >= 15 is 0 Å². The number of aromatic nitrogens is 2. The van der Waals surface area contributed by atoms with E-state index in [2.05, 4.69) is 36.1 Å². The van der Waals surface area contributed by atoms with E-state index in [9.17, 15) is 5.26 Å². The minimum atomic E-state index is 0.00450. The molecule has 1 aromatic carbocycles. The lowest BCUT2D eigenvalue weighted by Crippen LogP contribution is -2.10. The van der Waals surface area contributed by atoms with E-state index in [0.717, 1.165) is 24.0 Å². The molecular formula is C23H25N3O2. The normalized spacial score (nSPS) is 21.5. The van der Waals surface area contributed by atoms with Crippen molar-refractivity contribution in [2.75, 3.05) is 0 Å². The van der Waals surface area contributed by atoms with Crippen LogP contribution in [0, 0.1) is 23.2 Å². The first-order valence-electron chi connectivity index (χ1n) is 9.96. The second-order valence-electron chi connectivity index (χ2n) is 8.04. The Labute approximate surface area is 165 Å². The van der Waals surface area contributed by atoms with E-state index in [1.807, 2.05) is 19.9 Å². The molecule has 2 aliphatic rings. The zero-order valence-corrected chi connectivity index (χ0v) is 16.8. The van der Waals surface area contributed by atoms with Crippen LogP contribution in [0.3, 0.4) is 0 Å². The van der Waals surface area contributed by atoms with Crippen molar-refractivity contribution in [1.82, 2.24) is 10.1 Å². The molecule has 0 aliphatic heterocycles. The summed E-state index contributed by atoms with van der Waals surface area (Å²) in [5.41, 5.74) is 5.27. The zero-order valence-electron chi connectivity index (χ0n) is 16.8. The summed E-state index contributed by atoms with van der Waals surface area (Å²) in [6.45, 7) is 8.49. The number of nitrogens with zero attached hydrogens (tertiary/aromatic N) is 3. The molecule has 2 aliphatic carbocycles. The average molecular weight is 375 g/mol. The predicted molar refractivity (Wildman–Crippen MR) is 107 cm³/mol. The van der Waals surface area contributed by atoms with E-state index in [1.54, 1.807) is 17.7 Å². The first-order valence-corrected chi connectivity index (χ1v) is 9.96. The molecule has 0 N–H and O–H groups in total. The maximum absolute atomic E-state index is 9.45. The number of benzene rings is 1. The first-order chi connectivity index (χ1) is 13.5. The van der Waals surface area contributed by atoms with Crippen LogP contribution in [0.25, 0.3) is 17.0 Å². The van der Waals surface area contributed by atoms with Gasteiger partial charge in [-0.15, -0.1) is 0 Å².